The molecule has 0 fully saturated rings. The summed E-state index contributed by atoms with van der Waals surface area (Å²) in [5.41, 5.74) is -0.869. The lowest BCUT2D eigenvalue weighted by molar-refractivity contribution is -0.137. The topological polar surface area (TPSA) is 34.9 Å². The molecule has 0 aliphatic heterocycles. The SMILES string of the molecule is CCc1nccn1-c1ccc(C=O)cc1C(F)(F)F. The Hall–Kier alpha value is -2.11. The maximum Gasteiger partial charge on any atom is 0.418 e. The highest BCUT2D eigenvalue weighted by Gasteiger charge is 2.34. The normalized spacial score (nSPS) is 11.6. The smallest absolute Gasteiger partial charge is 0.303 e. The van der Waals surface area contributed by atoms with Crippen molar-refractivity contribution in [3.8, 4) is 5.69 Å². The van der Waals surface area contributed by atoms with Crippen LogP contribution in [0, 0.1) is 0 Å². The van der Waals surface area contributed by atoms with E-state index in [1.165, 1.54) is 29.1 Å². The molecule has 0 saturated carbocycles. The Morgan fingerprint density at radius 2 is 2.11 bits per heavy atom. The number of aryl methyl sites for hydroxylation is 1. The van der Waals surface area contributed by atoms with Crippen molar-refractivity contribution in [3.63, 3.8) is 0 Å². The minimum Gasteiger partial charge on any atom is -0.303 e. The number of hydrogen-bond donors (Lipinski definition) is 0. The molecule has 0 aliphatic carbocycles. The Morgan fingerprint density at radius 1 is 1.37 bits per heavy atom. The van der Waals surface area contributed by atoms with Gasteiger partial charge in [-0.05, 0) is 18.2 Å². The molecular weight excluding hydrogens is 257 g/mol. The molecule has 0 saturated heterocycles. The van der Waals surface area contributed by atoms with Crippen LogP contribution in [-0.2, 0) is 12.6 Å². The Morgan fingerprint density at radius 3 is 2.68 bits per heavy atom. The summed E-state index contributed by atoms with van der Waals surface area (Å²) in [5, 5.41) is 0. The summed E-state index contributed by atoms with van der Waals surface area (Å²) in [7, 11) is 0. The highest BCUT2D eigenvalue weighted by Crippen LogP contribution is 2.34. The lowest BCUT2D eigenvalue weighted by Crippen LogP contribution is -2.12. The molecule has 0 atom stereocenters. The highest BCUT2D eigenvalue weighted by molar-refractivity contribution is 5.76. The predicted octanol–water partition coefficient (Wildman–Crippen LogP) is 3.27. The van der Waals surface area contributed by atoms with Crippen LogP contribution in [0.1, 0.15) is 28.7 Å². The summed E-state index contributed by atoms with van der Waals surface area (Å²) in [6.45, 7) is 1.81. The number of carbonyl (C=O) groups is 1. The number of nitrogens with zero attached hydrogens (tertiary/aromatic N) is 2. The fourth-order valence-electron chi connectivity index (χ4n) is 1.88. The van der Waals surface area contributed by atoms with Crippen LogP contribution in [0.2, 0.25) is 0 Å². The zero-order valence-electron chi connectivity index (χ0n) is 10.1. The van der Waals surface area contributed by atoms with E-state index in [0.29, 0.717) is 18.5 Å². The average molecular weight is 268 g/mol. The van der Waals surface area contributed by atoms with Gasteiger partial charge < -0.3 is 4.57 Å². The van der Waals surface area contributed by atoms with Gasteiger partial charge in [0.1, 0.15) is 12.1 Å². The van der Waals surface area contributed by atoms with Gasteiger partial charge in [-0.2, -0.15) is 13.2 Å². The second kappa shape index (κ2) is 4.87. The Kier molecular flexibility index (Phi) is 3.42. The molecule has 0 unspecified atom stereocenters. The van der Waals surface area contributed by atoms with Crippen LogP contribution in [0.25, 0.3) is 5.69 Å². The summed E-state index contributed by atoms with van der Waals surface area (Å²) in [4.78, 5) is 14.6. The van der Waals surface area contributed by atoms with E-state index in [0.717, 1.165) is 6.07 Å². The number of imidazole rings is 1. The van der Waals surface area contributed by atoms with Gasteiger partial charge in [0.25, 0.3) is 0 Å². The first-order valence-corrected chi connectivity index (χ1v) is 5.66. The van der Waals surface area contributed by atoms with Gasteiger partial charge in [-0.3, -0.25) is 4.79 Å². The molecule has 3 nitrogen and oxygen atoms in total. The van der Waals surface area contributed by atoms with Crippen molar-refractivity contribution in [2.45, 2.75) is 19.5 Å². The van der Waals surface area contributed by atoms with Crippen LogP contribution in [0.4, 0.5) is 13.2 Å². The van der Waals surface area contributed by atoms with Crippen LogP contribution in [0.3, 0.4) is 0 Å². The Bertz CT molecular complexity index is 602. The van der Waals surface area contributed by atoms with E-state index in [-0.39, 0.29) is 11.3 Å². The second-order valence-corrected chi connectivity index (χ2v) is 3.96. The third-order valence-corrected chi connectivity index (χ3v) is 2.76. The van der Waals surface area contributed by atoms with Gasteiger partial charge in [0, 0.05) is 24.4 Å². The van der Waals surface area contributed by atoms with Crippen molar-refractivity contribution >= 4 is 6.29 Å². The molecule has 0 aliphatic rings. The molecule has 100 valence electrons. The number of hydrogen-bond acceptors (Lipinski definition) is 2. The summed E-state index contributed by atoms with van der Waals surface area (Å²) < 4.78 is 40.5. The van der Waals surface area contributed by atoms with E-state index in [9.17, 15) is 18.0 Å². The van der Waals surface area contributed by atoms with Crippen molar-refractivity contribution in [2.24, 2.45) is 0 Å². The number of carbonyl (C=O) groups excluding carboxylic acids is 1. The highest BCUT2D eigenvalue weighted by atomic mass is 19.4. The van der Waals surface area contributed by atoms with Crippen LogP contribution < -0.4 is 0 Å². The van der Waals surface area contributed by atoms with E-state index < -0.39 is 11.7 Å². The van der Waals surface area contributed by atoms with Gasteiger partial charge >= 0.3 is 6.18 Å². The summed E-state index contributed by atoms with van der Waals surface area (Å²) in [6.07, 6.45) is -0.687. The zero-order valence-corrected chi connectivity index (χ0v) is 10.1. The standard InChI is InChI=1S/C13H11F3N2O/c1-2-12-17-5-6-18(12)11-4-3-9(8-19)7-10(11)13(14,15)16/h3-8H,2H2,1H3. The lowest BCUT2D eigenvalue weighted by atomic mass is 10.1. The lowest BCUT2D eigenvalue weighted by Gasteiger charge is -2.15. The van der Waals surface area contributed by atoms with E-state index >= 15 is 0 Å². The largest absolute Gasteiger partial charge is 0.418 e. The molecule has 0 N–H and O–H groups in total. The number of aromatic nitrogens is 2. The van der Waals surface area contributed by atoms with Crippen molar-refractivity contribution in [1.29, 1.82) is 0 Å². The molecule has 0 amide bonds. The molecule has 2 rings (SSSR count). The monoisotopic (exact) mass is 268 g/mol. The molecule has 0 bridgehead atoms. The fraction of sp³-hybridized carbons (Fsp3) is 0.231. The maximum absolute atomic E-state index is 13.0. The van der Waals surface area contributed by atoms with Crippen LogP contribution >= 0.6 is 0 Å². The minimum absolute atomic E-state index is 0.00533. The molecule has 0 radical (unpaired) electrons. The average Bonchev–Trinajstić information content (AvgIpc) is 2.85. The summed E-state index contributed by atoms with van der Waals surface area (Å²) in [5.74, 6) is 0.532. The third-order valence-electron chi connectivity index (χ3n) is 2.76. The third kappa shape index (κ3) is 2.52. The summed E-state index contributed by atoms with van der Waals surface area (Å²) >= 11 is 0. The van der Waals surface area contributed by atoms with Crippen molar-refractivity contribution in [3.05, 3.63) is 47.5 Å². The van der Waals surface area contributed by atoms with Gasteiger partial charge in [-0.25, -0.2) is 4.98 Å². The van der Waals surface area contributed by atoms with Gasteiger partial charge in [0.2, 0.25) is 0 Å². The molecule has 2 aromatic rings. The van der Waals surface area contributed by atoms with Crippen LogP contribution in [0.5, 0.6) is 0 Å². The molecule has 19 heavy (non-hydrogen) atoms. The number of rotatable bonds is 3. The molecule has 1 aromatic carbocycles. The fourth-order valence-corrected chi connectivity index (χ4v) is 1.88. The molecule has 6 heteroatoms. The van der Waals surface area contributed by atoms with Crippen LogP contribution in [0.15, 0.2) is 30.6 Å². The minimum atomic E-state index is -4.52. The summed E-state index contributed by atoms with van der Waals surface area (Å²) in [6, 6.07) is 3.49. The quantitative estimate of drug-likeness (QED) is 0.801. The molecular formula is C13H11F3N2O. The zero-order chi connectivity index (χ0) is 14.0. The van der Waals surface area contributed by atoms with E-state index in [1.807, 2.05) is 6.92 Å². The van der Waals surface area contributed by atoms with Crippen molar-refractivity contribution < 1.29 is 18.0 Å². The molecule has 1 heterocycles. The maximum atomic E-state index is 13.0. The Labute approximate surface area is 107 Å². The predicted molar refractivity (Wildman–Crippen MR) is 63.3 cm³/mol. The first kappa shape index (κ1) is 13.3. The van der Waals surface area contributed by atoms with Gasteiger partial charge in [-0.15, -0.1) is 0 Å². The van der Waals surface area contributed by atoms with Crippen molar-refractivity contribution in [2.75, 3.05) is 0 Å². The molecule has 0 spiro atoms. The van der Waals surface area contributed by atoms with E-state index in [1.54, 1.807) is 0 Å². The van der Waals surface area contributed by atoms with E-state index in [2.05, 4.69) is 4.98 Å². The van der Waals surface area contributed by atoms with Crippen molar-refractivity contribution in [1.82, 2.24) is 9.55 Å². The number of aldehydes is 1. The Balaban J connectivity index is 2.66. The van der Waals surface area contributed by atoms with Gasteiger partial charge in [0.15, 0.2) is 0 Å². The number of benzene rings is 1. The van der Waals surface area contributed by atoms with Gasteiger partial charge in [0.05, 0.1) is 11.3 Å². The first-order valence-electron chi connectivity index (χ1n) is 5.66. The number of alkyl halides is 3. The van der Waals surface area contributed by atoms with E-state index in [4.69, 9.17) is 0 Å². The second-order valence-electron chi connectivity index (χ2n) is 3.96. The molecule has 1 aromatic heterocycles. The number of halogens is 3. The van der Waals surface area contributed by atoms with Gasteiger partial charge in [-0.1, -0.05) is 6.92 Å². The van der Waals surface area contributed by atoms with Crippen LogP contribution in [-0.4, -0.2) is 15.8 Å². The first-order chi connectivity index (χ1) is 8.97.